The van der Waals surface area contributed by atoms with Gasteiger partial charge in [-0.1, -0.05) is 0 Å². The van der Waals surface area contributed by atoms with E-state index >= 15 is 0 Å². The van der Waals surface area contributed by atoms with E-state index in [0.717, 1.165) is 0 Å². The van der Waals surface area contributed by atoms with Gasteiger partial charge in [0.2, 0.25) is 0 Å². The highest BCUT2D eigenvalue weighted by Crippen LogP contribution is 2.14. The summed E-state index contributed by atoms with van der Waals surface area (Å²) >= 11 is 0. The van der Waals surface area contributed by atoms with Crippen LogP contribution in [-0.4, -0.2) is 31.2 Å². The first kappa shape index (κ1) is 10.5. The van der Waals surface area contributed by atoms with Crippen molar-refractivity contribution in [3.8, 4) is 0 Å². The third-order valence-electron chi connectivity index (χ3n) is 2.09. The molecule has 0 amide bonds. The molecule has 2 heterocycles. The number of imidazole rings is 1. The van der Waals surface area contributed by atoms with Crippen LogP contribution in [0.15, 0.2) is 24.6 Å². The third kappa shape index (κ3) is 1.84. The Bertz CT molecular complexity index is 536. The molecule has 0 spiro atoms. The summed E-state index contributed by atoms with van der Waals surface area (Å²) in [7, 11) is 0. The van der Waals surface area contributed by atoms with Crippen LogP contribution >= 0.6 is 0 Å². The van der Waals surface area contributed by atoms with Crippen molar-refractivity contribution in [2.45, 2.75) is 6.54 Å². The SMILES string of the molecule is Nc1ncnc2c1ncn2C/C=C(/F)CO. The lowest BCUT2D eigenvalue weighted by Gasteiger charge is -1.99. The van der Waals surface area contributed by atoms with Gasteiger partial charge in [-0.3, -0.25) is 0 Å². The summed E-state index contributed by atoms with van der Waals surface area (Å²) in [5.74, 6) is -0.306. The predicted octanol–water partition coefficient (Wildman–Crippen LogP) is 0.254. The molecule has 0 aliphatic rings. The van der Waals surface area contributed by atoms with Crippen molar-refractivity contribution in [1.29, 1.82) is 0 Å². The first-order valence-electron chi connectivity index (χ1n) is 4.59. The minimum atomic E-state index is -0.607. The Morgan fingerprint density at radius 3 is 3.06 bits per heavy atom. The molecular weight excluding hydrogens is 213 g/mol. The molecule has 0 aliphatic heterocycles. The van der Waals surface area contributed by atoms with Gasteiger partial charge < -0.3 is 15.4 Å². The van der Waals surface area contributed by atoms with E-state index in [1.807, 2.05) is 0 Å². The Morgan fingerprint density at radius 1 is 1.50 bits per heavy atom. The van der Waals surface area contributed by atoms with Crippen LogP contribution in [0.3, 0.4) is 0 Å². The first-order chi connectivity index (χ1) is 7.72. The number of allylic oxidation sites excluding steroid dienone is 1. The van der Waals surface area contributed by atoms with Crippen LogP contribution in [0.5, 0.6) is 0 Å². The summed E-state index contributed by atoms with van der Waals surface area (Å²) in [5.41, 5.74) is 6.62. The zero-order chi connectivity index (χ0) is 11.5. The van der Waals surface area contributed by atoms with Crippen molar-refractivity contribution in [2.75, 3.05) is 12.3 Å². The Labute approximate surface area is 90.3 Å². The van der Waals surface area contributed by atoms with E-state index in [9.17, 15) is 4.39 Å². The molecule has 0 atom stereocenters. The molecule has 0 fully saturated rings. The van der Waals surface area contributed by atoms with E-state index in [4.69, 9.17) is 10.8 Å². The van der Waals surface area contributed by atoms with Gasteiger partial charge in [0.15, 0.2) is 11.5 Å². The largest absolute Gasteiger partial charge is 0.389 e. The monoisotopic (exact) mass is 223 g/mol. The molecule has 2 aromatic rings. The molecule has 7 heteroatoms. The molecule has 0 bridgehead atoms. The molecule has 0 radical (unpaired) electrons. The first-order valence-corrected chi connectivity index (χ1v) is 4.59. The molecule has 2 aromatic heterocycles. The average molecular weight is 223 g/mol. The van der Waals surface area contributed by atoms with Gasteiger partial charge >= 0.3 is 0 Å². The summed E-state index contributed by atoms with van der Waals surface area (Å²) in [6.07, 6.45) is 4.07. The van der Waals surface area contributed by atoms with Gasteiger partial charge in [-0.25, -0.2) is 19.3 Å². The molecule has 6 nitrogen and oxygen atoms in total. The number of nitrogen functional groups attached to an aromatic ring is 1. The number of nitrogens with zero attached hydrogens (tertiary/aromatic N) is 4. The zero-order valence-electron chi connectivity index (χ0n) is 8.34. The Balaban J connectivity index is 2.36. The topological polar surface area (TPSA) is 89.9 Å². The molecular formula is C9H10FN5O. The van der Waals surface area contributed by atoms with Gasteiger partial charge in [-0.05, 0) is 6.08 Å². The maximum atomic E-state index is 12.7. The quantitative estimate of drug-likeness (QED) is 0.778. The van der Waals surface area contributed by atoms with E-state index in [1.54, 1.807) is 4.57 Å². The van der Waals surface area contributed by atoms with Crippen molar-refractivity contribution < 1.29 is 9.50 Å². The van der Waals surface area contributed by atoms with Gasteiger partial charge in [-0.2, -0.15) is 0 Å². The minimum absolute atomic E-state index is 0.235. The Morgan fingerprint density at radius 2 is 2.31 bits per heavy atom. The number of fused-ring (bicyclic) bond motifs is 1. The summed E-state index contributed by atoms with van der Waals surface area (Å²) < 4.78 is 14.3. The molecule has 0 saturated carbocycles. The molecule has 16 heavy (non-hydrogen) atoms. The number of nitrogens with two attached hydrogens (primary N) is 1. The number of aliphatic hydroxyl groups excluding tert-OH is 1. The van der Waals surface area contributed by atoms with Crippen molar-refractivity contribution >= 4 is 17.0 Å². The fourth-order valence-electron chi connectivity index (χ4n) is 1.29. The lowest BCUT2D eigenvalue weighted by molar-refractivity contribution is 0.297. The summed E-state index contributed by atoms with van der Waals surface area (Å²) in [6.45, 7) is -0.372. The highest BCUT2D eigenvalue weighted by atomic mass is 19.1. The zero-order valence-corrected chi connectivity index (χ0v) is 8.34. The number of aromatic nitrogens is 4. The Kier molecular flexibility index (Phi) is 2.78. The van der Waals surface area contributed by atoms with Gasteiger partial charge in [0.1, 0.15) is 17.7 Å². The van der Waals surface area contributed by atoms with E-state index in [0.29, 0.717) is 11.2 Å². The average Bonchev–Trinajstić information content (AvgIpc) is 2.70. The van der Waals surface area contributed by atoms with Gasteiger partial charge in [0, 0.05) is 6.54 Å². The lowest BCUT2D eigenvalue weighted by atomic mass is 10.4. The van der Waals surface area contributed by atoms with Gasteiger partial charge in [-0.15, -0.1) is 0 Å². The van der Waals surface area contributed by atoms with E-state index in [1.165, 1.54) is 18.7 Å². The molecule has 0 aromatic carbocycles. The summed E-state index contributed by atoms with van der Waals surface area (Å²) in [6, 6.07) is 0. The fourth-order valence-corrected chi connectivity index (χ4v) is 1.29. The number of hydrogen-bond acceptors (Lipinski definition) is 5. The van der Waals surface area contributed by atoms with E-state index in [2.05, 4.69) is 15.0 Å². The molecule has 84 valence electrons. The van der Waals surface area contributed by atoms with Crippen LogP contribution in [0.2, 0.25) is 0 Å². The number of halogens is 1. The summed E-state index contributed by atoms with van der Waals surface area (Å²) in [4.78, 5) is 11.8. The van der Waals surface area contributed by atoms with Crippen LogP contribution in [0, 0.1) is 0 Å². The number of hydrogen-bond donors (Lipinski definition) is 2. The fraction of sp³-hybridized carbons (Fsp3) is 0.222. The second-order valence-electron chi connectivity index (χ2n) is 3.14. The molecule has 0 saturated heterocycles. The van der Waals surface area contributed by atoms with Crippen LogP contribution in [0.4, 0.5) is 10.2 Å². The van der Waals surface area contributed by atoms with Crippen molar-refractivity contribution in [3.05, 3.63) is 24.6 Å². The van der Waals surface area contributed by atoms with E-state index < -0.39 is 12.4 Å². The van der Waals surface area contributed by atoms with Crippen LogP contribution in [0.25, 0.3) is 11.2 Å². The van der Waals surface area contributed by atoms with Crippen molar-refractivity contribution in [2.24, 2.45) is 0 Å². The van der Waals surface area contributed by atoms with Gasteiger partial charge in [0.25, 0.3) is 0 Å². The molecule has 0 aliphatic carbocycles. The van der Waals surface area contributed by atoms with Gasteiger partial charge in [0.05, 0.1) is 12.9 Å². The maximum absolute atomic E-state index is 12.7. The van der Waals surface area contributed by atoms with Crippen LogP contribution in [-0.2, 0) is 6.54 Å². The highest BCUT2D eigenvalue weighted by molar-refractivity contribution is 5.81. The van der Waals surface area contributed by atoms with Crippen LogP contribution in [0.1, 0.15) is 0 Å². The standard InChI is InChI=1S/C9H10FN5O/c10-6(3-16)1-2-15-5-14-7-8(11)12-4-13-9(7)15/h1,4-5,16H,2-3H2,(H2,11,12,13)/b6-1+. The van der Waals surface area contributed by atoms with E-state index in [-0.39, 0.29) is 12.4 Å². The third-order valence-corrected chi connectivity index (χ3v) is 2.09. The second kappa shape index (κ2) is 4.23. The maximum Gasteiger partial charge on any atom is 0.165 e. The normalized spacial score (nSPS) is 12.2. The number of rotatable bonds is 3. The molecule has 2 rings (SSSR count). The smallest absolute Gasteiger partial charge is 0.165 e. The lowest BCUT2D eigenvalue weighted by Crippen LogP contribution is -1.98. The molecule has 3 N–H and O–H groups in total. The Hall–Kier alpha value is -2.02. The number of aliphatic hydroxyl groups is 1. The minimum Gasteiger partial charge on any atom is -0.389 e. The molecule has 0 unspecified atom stereocenters. The highest BCUT2D eigenvalue weighted by Gasteiger charge is 2.06. The van der Waals surface area contributed by atoms with Crippen molar-refractivity contribution in [3.63, 3.8) is 0 Å². The summed E-state index contributed by atoms with van der Waals surface area (Å²) in [5, 5.41) is 8.51. The van der Waals surface area contributed by atoms with Crippen molar-refractivity contribution in [1.82, 2.24) is 19.5 Å². The predicted molar refractivity (Wildman–Crippen MR) is 56.0 cm³/mol. The second-order valence-corrected chi connectivity index (χ2v) is 3.14. The van der Waals surface area contributed by atoms with Crippen LogP contribution < -0.4 is 5.73 Å². The number of anilines is 1.